The Morgan fingerprint density at radius 2 is 2.42 bits per heavy atom. The number of unbranched alkanes of at least 4 members (excludes halogenated alkanes) is 1. The Balaban J connectivity index is 3.46. The summed E-state index contributed by atoms with van der Waals surface area (Å²) in [6.07, 6.45) is 5.17. The maximum absolute atomic E-state index is 10.2. The molecule has 3 N–H and O–H groups in total. The summed E-state index contributed by atoms with van der Waals surface area (Å²) >= 11 is 0. The van der Waals surface area contributed by atoms with E-state index >= 15 is 0 Å². The van der Waals surface area contributed by atoms with Crippen LogP contribution in [0.5, 0.6) is 0 Å². The average molecular weight is 171 g/mol. The molecule has 4 heteroatoms. The Morgan fingerprint density at radius 1 is 1.75 bits per heavy atom. The molecule has 0 saturated carbocycles. The molecule has 0 spiro atoms. The Morgan fingerprint density at radius 3 is 2.92 bits per heavy atom. The molecule has 0 aromatic heterocycles. The van der Waals surface area contributed by atoms with Crippen LogP contribution < -0.4 is 11.2 Å². The second kappa shape index (κ2) is 6.64. The molecule has 0 aromatic rings. The first kappa shape index (κ1) is 10.9. The topological polar surface area (TPSA) is 67.5 Å². The Bertz CT molecular complexity index is 156. The Labute approximate surface area is 73.2 Å². The van der Waals surface area contributed by atoms with Gasteiger partial charge in [0, 0.05) is 6.21 Å². The molecule has 2 amide bonds. The zero-order chi connectivity index (χ0) is 9.40. The van der Waals surface area contributed by atoms with Crippen LogP contribution in [-0.2, 0) is 0 Å². The highest BCUT2D eigenvalue weighted by atomic mass is 16.2. The van der Waals surface area contributed by atoms with Crippen molar-refractivity contribution >= 4 is 12.2 Å². The highest BCUT2D eigenvalue weighted by Crippen LogP contribution is 2.03. The molecule has 0 bridgehead atoms. The molecule has 4 nitrogen and oxygen atoms in total. The number of carbonyl (C=O) groups is 1. The van der Waals surface area contributed by atoms with E-state index < -0.39 is 6.03 Å². The lowest BCUT2D eigenvalue weighted by Gasteiger charge is -2.02. The van der Waals surface area contributed by atoms with Crippen LogP contribution in [0.25, 0.3) is 0 Å². The van der Waals surface area contributed by atoms with E-state index in [2.05, 4.69) is 24.4 Å². The first-order chi connectivity index (χ1) is 5.66. The summed E-state index contributed by atoms with van der Waals surface area (Å²) in [4.78, 5) is 10.2. The molecule has 1 atom stereocenters. The van der Waals surface area contributed by atoms with Crippen molar-refractivity contribution in [2.75, 3.05) is 0 Å². The van der Waals surface area contributed by atoms with Crippen molar-refractivity contribution in [3.05, 3.63) is 0 Å². The van der Waals surface area contributed by atoms with Gasteiger partial charge in [0.1, 0.15) is 0 Å². The molecule has 0 aliphatic carbocycles. The number of carbonyl (C=O) groups excluding carboxylic acids is 1. The molecule has 70 valence electrons. The summed E-state index contributed by atoms with van der Waals surface area (Å²) in [5, 5.41) is 3.67. The second-order valence-corrected chi connectivity index (χ2v) is 2.87. The van der Waals surface area contributed by atoms with E-state index in [4.69, 9.17) is 5.73 Å². The third-order valence-electron chi connectivity index (χ3n) is 1.52. The SMILES string of the molecule is CCCC[C@@H](C)/C=N/NC(N)=O. The van der Waals surface area contributed by atoms with Crippen LogP contribution in [-0.4, -0.2) is 12.2 Å². The number of amides is 2. The molecule has 0 aliphatic heterocycles. The fraction of sp³-hybridized carbons (Fsp3) is 0.750. The van der Waals surface area contributed by atoms with Crippen LogP contribution in [0.4, 0.5) is 4.79 Å². The van der Waals surface area contributed by atoms with Crippen LogP contribution in [0.3, 0.4) is 0 Å². The van der Waals surface area contributed by atoms with Gasteiger partial charge in [0.05, 0.1) is 0 Å². The van der Waals surface area contributed by atoms with Gasteiger partial charge in [-0.2, -0.15) is 5.10 Å². The zero-order valence-electron chi connectivity index (χ0n) is 7.71. The normalized spacial score (nSPS) is 13.2. The van der Waals surface area contributed by atoms with Crippen molar-refractivity contribution in [2.24, 2.45) is 16.8 Å². The quantitative estimate of drug-likeness (QED) is 0.477. The Kier molecular flexibility index (Phi) is 6.05. The van der Waals surface area contributed by atoms with Gasteiger partial charge < -0.3 is 5.73 Å². The molecule has 0 aliphatic rings. The standard InChI is InChI=1S/C8H17N3O/c1-3-4-5-7(2)6-10-11-8(9)12/h6-7H,3-5H2,1-2H3,(H3,9,11,12)/b10-6+/t7-/m1/s1. The first-order valence-corrected chi connectivity index (χ1v) is 4.25. The fourth-order valence-corrected chi connectivity index (χ4v) is 0.829. The highest BCUT2D eigenvalue weighted by Gasteiger charge is 1.96. The minimum atomic E-state index is -0.617. The van der Waals surface area contributed by atoms with Gasteiger partial charge in [-0.3, -0.25) is 0 Å². The largest absolute Gasteiger partial charge is 0.350 e. The third-order valence-corrected chi connectivity index (χ3v) is 1.52. The lowest BCUT2D eigenvalue weighted by atomic mass is 10.1. The van der Waals surface area contributed by atoms with Crippen LogP contribution in [0.2, 0.25) is 0 Å². The molecule has 0 fully saturated rings. The van der Waals surface area contributed by atoms with Gasteiger partial charge in [-0.1, -0.05) is 26.7 Å². The molecule has 0 radical (unpaired) electrons. The van der Waals surface area contributed by atoms with Gasteiger partial charge in [-0.25, -0.2) is 10.2 Å². The molecule has 0 rings (SSSR count). The molecule has 12 heavy (non-hydrogen) atoms. The van der Waals surface area contributed by atoms with Crippen LogP contribution in [0, 0.1) is 5.92 Å². The van der Waals surface area contributed by atoms with Gasteiger partial charge in [-0.15, -0.1) is 0 Å². The minimum absolute atomic E-state index is 0.400. The molecular weight excluding hydrogens is 154 g/mol. The fourth-order valence-electron chi connectivity index (χ4n) is 0.829. The van der Waals surface area contributed by atoms with Crippen molar-refractivity contribution in [3.63, 3.8) is 0 Å². The third kappa shape index (κ3) is 7.05. The number of primary amides is 1. The minimum Gasteiger partial charge on any atom is -0.350 e. The molecule has 0 aromatic carbocycles. The van der Waals surface area contributed by atoms with Crippen molar-refractivity contribution in [2.45, 2.75) is 33.1 Å². The number of rotatable bonds is 5. The van der Waals surface area contributed by atoms with E-state index in [-0.39, 0.29) is 0 Å². The molecule has 0 heterocycles. The van der Waals surface area contributed by atoms with E-state index in [1.54, 1.807) is 6.21 Å². The summed E-state index contributed by atoms with van der Waals surface area (Å²) in [7, 11) is 0. The smallest absolute Gasteiger partial charge is 0.332 e. The predicted octanol–water partition coefficient (Wildman–Crippen LogP) is 1.47. The van der Waals surface area contributed by atoms with Gasteiger partial charge in [-0.05, 0) is 12.3 Å². The van der Waals surface area contributed by atoms with Gasteiger partial charge in [0.2, 0.25) is 0 Å². The van der Waals surface area contributed by atoms with E-state index in [0.29, 0.717) is 5.92 Å². The highest BCUT2D eigenvalue weighted by molar-refractivity contribution is 5.73. The number of hydrogen-bond acceptors (Lipinski definition) is 2. The average Bonchev–Trinajstić information content (AvgIpc) is 2.00. The van der Waals surface area contributed by atoms with Gasteiger partial charge in [0.25, 0.3) is 0 Å². The number of hydrazone groups is 1. The van der Waals surface area contributed by atoms with E-state index in [1.165, 1.54) is 12.8 Å². The number of nitrogens with zero attached hydrogens (tertiary/aromatic N) is 1. The monoisotopic (exact) mass is 171 g/mol. The predicted molar refractivity (Wildman–Crippen MR) is 49.9 cm³/mol. The van der Waals surface area contributed by atoms with E-state index in [0.717, 1.165) is 6.42 Å². The maximum Gasteiger partial charge on any atom is 0.332 e. The Hall–Kier alpha value is -1.06. The molecular formula is C8H17N3O. The molecule has 0 saturated heterocycles. The summed E-state index contributed by atoms with van der Waals surface area (Å²) < 4.78 is 0. The van der Waals surface area contributed by atoms with Crippen molar-refractivity contribution in [1.82, 2.24) is 5.43 Å². The lowest BCUT2D eigenvalue weighted by Crippen LogP contribution is -2.24. The van der Waals surface area contributed by atoms with Gasteiger partial charge >= 0.3 is 6.03 Å². The summed E-state index contributed by atoms with van der Waals surface area (Å²) in [6, 6.07) is -0.617. The lowest BCUT2D eigenvalue weighted by molar-refractivity contribution is 0.249. The van der Waals surface area contributed by atoms with Crippen molar-refractivity contribution in [3.8, 4) is 0 Å². The summed E-state index contributed by atoms with van der Waals surface area (Å²) in [5.74, 6) is 0.400. The van der Waals surface area contributed by atoms with Crippen molar-refractivity contribution < 1.29 is 4.79 Å². The number of nitrogens with one attached hydrogen (secondary N) is 1. The molecule has 0 unspecified atom stereocenters. The van der Waals surface area contributed by atoms with Crippen LogP contribution in [0.1, 0.15) is 33.1 Å². The van der Waals surface area contributed by atoms with Gasteiger partial charge in [0.15, 0.2) is 0 Å². The zero-order valence-corrected chi connectivity index (χ0v) is 7.71. The summed E-state index contributed by atoms with van der Waals surface area (Å²) in [6.45, 7) is 4.20. The van der Waals surface area contributed by atoms with Crippen LogP contribution in [0.15, 0.2) is 5.10 Å². The van der Waals surface area contributed by atoms with Crippen molar-refractivity contribution in [1.29, 1.82) is 0 Å². The van der Waals surface area contributed by atoms with E-state index in [1.807, 2.05) is 0 Å². The van der Waals surface area contributed by atoms with Crippen LogP contribution >= 0.6 is 0 Å². The number of urea groups is 1. The summed E-state index contributed by atoms with van der Waals surface area (Å²) in [5.41, 5.74) is 6.98. The first-order valence-electron chi connectivity index (χ1n) is 4.25. The number of nitrogens with two attached hydrogens (primary N) is 1. The number of hydrogen-bond donors (Lipinski definition) is 2. The maximum atomic E-state index is 10.2. The second-order valence-electron chi connectivity index (χ2n) is 2.87. The van der Waals surface area contributed by atoms with E-state index in [9.17, 15) is 4.79 Å².